The summed E-state index contributed by atoms with van der Waals surface area (Å²) in [5.74, 6) is -0.132. The second-order valence-corrected chi connectivity index (χ2v) is 7.13. The molecule has 138 valence electrons. The fourth-order valence-corrected chi connectivity index (χ4v) is 3.52. The number of hydrogen-bond donors (Lipinski definition) is 0. The van der Waals surface area contributed by atoms with E-state index in [1.54, 1.807) is 17.2 Å². The van der Waals surface area contributed by atoms with E-state index in [4.69, 9.17) is 4.42 Å². The number of fused-ring (bicyclic) bond motifs is 2. The molecule has 0 fully saturated rings. The van der Waals surface area contributed by atoms with Gasteiger partial charge in [0.25, 0.3) is 5.91 Å². The molecule has 3 heterocycles. The summed E-state index contributed by atoms with van der Waals surface area (Å²) in [6.07, 6.45) is 1.68. The lowest BCUT2D eigenvalue weighted by molar-refractivity contribution is 0.0714. The molecular weight excluding hydrogens is 342 g/mol. The molecule has 27 heavy (non-hydrogen) atoms. The van der Waals surface area contributed by atoms with Crippen LogP contribution in [0.2, 0.25) is 0 Å². The van der Waals surface area contributed by atoms with Crippen LogP contribution < -0.4 is 5.43 Å². The van der Waals surface area contributed by atoms with Crippen molar-refractivity contribution < 1.29 is 9.21 Å². The maximum atomic E-state index is 13.3. The summed E-state index contributed by atoms with van der Waals surface area (Å²) in [6, 6.07) is 10.4. The zero-order chi connectivity index (χ0) is 19.1. The van der Waals surface area contributed by atoms with Crippen LogP contribution in [-0.4, -0.2) is 47.9 Å². The third kappa shape index (κ3) is 2.92. The lowest BCUT2D eigenvalue weighted by Crippen LogP contribution is -2.35. The van der Waals surface area contributed by atoms with Gasteiger partial charge in [0.15, 0.2) is 5.43 Å². The normalized spacial score (nSPS) is 16.4. The Morgan fingerprint density at radius 3 is 2.70 bits per heavy atom. The predicted octanol–water partition coefficient (Wildman–Crippen LogP) is 2.60. The van der Waals surface area contributed by atoms with E-state index in [1.807, 2.05) is 56.3 Å². The van der Waals surface area contributed by atoms with Crippen LogP contribution in [0.5, 0.6) is 0 Å². The van der Waals surface area contributed by atoms with Crippen LogP contribution in [0.4, 0.5) is 0 Å². The maximum absolute atomic E-state index is 13.3. The zero-order valence-electron chi connectivity index (χ0n) is 15.6. The molecule has 0 N–H and O–H groups in total. The summed E-state index contributed by atoms with van der Waals surface area (Å²) in [5.41, 5.74) is 2.30. The Balaban J connectivity index is 1.95. The quantitative estimate of drug-likeness (QED) is 0.713. The number of amides is 1. The summed E-state index contributed by atoms with van der Waals surface area (Å²) >= 11 is 0. The van der Waals surface area contributed by atoms with Crippen LogP contribution in [0.25, 0.3) is 11.0 Å². The Morgan fingerprint density at radius 1 is 1.19 bits per heavy atom. The number of rotatable bonds is 4. The van der Waals surface area contributed by atoms with E-state index in [0.717, 1.165) is 5.56 Å². The number of carbonyl (C=O) groups is 1. The molecule has 6 heteroatoms. The standard InChI is InChI=1S/C21H21N3O3/c1-13-7-8-16-14(12-13)19(25)17-18(15-6-4-5-9-22-15)24(11-10-23(2)3)21(26)20(17)27-16/h4-9,12,18H,10-11H2,1-3H3/t18-/m0/s1. The minimum atomic E-state index is -0.533. The van der Waals surface area contributed by atoms with Gasteiger partial charge in [0.1, 0.15) is 11.6 Å². The third-order valence-electron chi connectivity index (χ3n) is 4.88. The Hall–Kier alpha value is -2.99. The van der Waals surface area contributed by atoms with Crippen LogP contribution in [0.3, 0.4) is 0 Å². The summed E-state index contributed by atoms with van der Waals surface area (Å²) in [6.45, 7) is 3.08. The molecule has 0 aliphatic carbocycles. The highest BCUT2D eigenvalue weighted by Gasteiger charge is 2.43. The van der Waals surface area contributed by atoms with Crippen LogP contribution in [0.1, 0.15) is 33.4 Å². The number of benzene rings is 1. The fraction of sp³-hybridized carbons (Fsp3) is 0.286. The first-order chi connectivity index (χ1) is 13.0. The van der Waals surface area contributed by atoms with Crippen molar-refractivity contribution in [3.05, 3.63) is 75.4 Å². The largest absolute Gasteiger partial charge is 0.450 e. The first-order valence-electron chi connectivity index (χ1n) is 8.91. The fourth-order valence-electron chi connectivity index (χ4n) is 3.52. The molecule has 0 saturated heterocycles. The van der Waals surface area contributed by atoms with Gasteiger partial charge in [-0.3, -0.25) is 14.6 Å². The summed E-state index contributed by atoms with van der Waals surface area (Å²) < 4.78 is 5.91. The average molecular weight is 363 g/mol. The van der Waals surface area contributed by atoms with E-state index in [-0.39, 0.29) is 17.1 Å². The number of carbonyl (C=O) groups excluding carboxylic acids is 1. The highest BCUT2D eigenvalue weighted by Crippen LogP contribution is 2.37. The van der Waals surface area contributed by atoms with Crippen molar-refractivity contribution in [1.29, 1.82) is 0 Å². The van der Waals surface area contributed by atoms with E-state index >= 15 is 0 Å². The predicted molar refractivity (Wildman–Crippen MR) is 103 cm³/mol. The van der Waals surface area contributed by atoms with Crippen LogP contribution in [-0.2, 0) is 0 Å². The molecular formula is C21H21N3O3. The first-order valence-corrected chi connectivity index (χ1v) is 8.91. The minimum absolute atomic E-state index is 0.130. The van der Waals surface area contributed by atoms with Crippen molar-refractivity contribution in [2.24, 2.45) is 0 Å². The lowest BCUT2D eigenvalue weighted by atomic mass is 10.0. The summed E-state index contributed by atoms with van der Waals surface area (Å²) in [5, 5.41) is 0.497. The molecule has 0 unspecified atom stereocenters. The molecule has 0 bridgehead atoms. The van der Waals surface area contributed by atoms with Gasteiger partial charge in [0, 0.05) is 19.3 Å². The molecule has 1 atom stereocenters. The van der Waals surface area contributed by atoms with E-state index in [9.17, 15) is 9.59 Å². The number of hydrogen-bond acceptors (Lipinski definition) is 5. The van der Waals surface area contributed by atoms with E-state index in [1.165, 1.54) is 0 Å². The van der Waals surface area contributed by atoms with Gasteiger partial charge in [0.05, 0.1) is 16.6 Å². The molecule has 0 spiro atoms. The van der Waals surface area contributed by atoms with Crippen molar-refractivity contribution in [2.45, 2.75) is 13.0 Å². The summed E-state index contributed by atoms with van der Waals surface area (Å²) in [7, 11) is 3.90. The van der Waals surface area contributed by atoms with Gasteiger partial charge in [-0.2, -0.15) is 0 Å². The van der Waals surface area contributed by atoms with Crippen LogP contribution >= 0.6 is 0 Å². The Morgan fingerprint density at radius 2 is 2.00 bits per heavy atom. The number of pyridine rings is 1. The number of aryl methyl sites for hydroxylation is 1. The first kappa shape index (κ1) is 17.4. The molecule has 4 rings (SSSR count). The SMILES string of the molecule is Cc1ccc2oc3c(c(=O)c2c1)[C@H](c1ccccn1)N(CCN(C)C)C3=O. The maximum Gasteiger partial charge on any atom is 0.291 e. The van der Waals surface area contributed by atoms with Gasteiger partial charge in [-0.15, -0.1) is 0 Å². The molecule has 2 aromatic heterocycles. The smallest absolute Gasteiger partial charge is 0.291 e. The molecule has 1 amide bonds. The van der Waals surface area contributed by atoms with E-state index in [2.05, 4.69) is 4.98 Å². The van der Waals surface area contributed by atoms with Gasteiger partial charge in [-0.25, -0.2) is 0 Å². The van der Waals surface area contributed by atoms with Gasteiger partial charge in [-0.1, -0.05) is 17.7 Å². The number of nitrogens with zero attached hydrogens (tertiary/aromatic N) is 3. The molecule has 1 aliphatic rings. The number of aromatic nitrogens is 1. The molecule has 0 saturated carbocycles. The number of likely N-dealkylation sites (N-methyl/N-ethyl adjacent to an activating group) is 1. The molecule has 1 aliphatic heterocycles. The topological polar surface area (TPSA) is 66.7 Å². The van der Waals surface area contributed by atoms with E-state index in [0.29, 0.717) is 35.3 Å². The van der Waals surface area contributed by atoms with Gasteiger partial charge in [0.2, 0.25) is 5.76 Å². The van der Waals surface area contributed by atoms with Crippen LogP contribution in [0.15, 0.2) is 51.8 Å². The van der Waals surface area contributed by atoms with Crippen molar-refractivity contribution in [2.75, 3.05) is 27.2 Å². The highest BCUT2D eigenvalue weighted by molar-refractivity contribution is 5.99. The third-order valence-corrected chi connectivity index (χ3v) is 4.88. The van der Waals surface area contributed by atoms with Gasteiger partial charge in [-0.05, 0) is 45.3 Å². The highest BCUT2D eigenvalue weighted by atomic mass is 16.3. The van der Waals surface area contributed by atoms with Crippen molar-refractivity contribution in [3.63, 3.8) is 0 Å². The second kappa shape index (κ2) is 6.63. The van der Waals surface area contributed by atoms with Crippen molar-refractivity contribution >= 4 is 16.9 Å². The zero-order valence-corrected chi connectivity index (χ0v) is 15.6. The molecule has 3 aromatic rings. The molecule has 6 nitrogen and oxygen atoms in total. The second-order valence-electron chi connectivity index (χ2n) is 7.13. The Kier molecular flexibility index (Phi) is 4.28. The van der Waals surface area contributed by atoms with Crippen molar-refractivity contribution in [3.8, 4) is 0 Å². The Bertz CT molecular complexity index is 1070. The molecule has 0 radical (unpaired) electrons. The molecule has 1 aromatic carbocycles. The van der Waals surface area contributed by atoms with Gasteiger partial charge >= 0.3 is 0 Å². The van der Waals surface area contributed by atoms with Gasteiger partial charge < -0.3 is 14.2 Å². The summed E-state index contributed by atoms with van der Waals surface area (Å²) in [4.78, 5) is 34.5. The van der Waals surface area contributed by atoms with E-state index < -0.39 is 6.04 Å². The lowest BCUT2D eigenvalue weighted by Gasteiger charge is -2.25. The average Bonchev–Trinajstić information content (AvgIpc) is 2.94. The van der Waals surface area contributed by atoms with Crippen LogP contribution in [0, 0.1) is 6.92 Å². The Labute approximate surface area is 157 Å². The monoisotopic (exact) mass is 363 g/mol. The minimum Gasteiger partial charge on any atom is -0.450 e. The van der Waals surface area contributed by atoms with Crippen molar-refractivity contribution in [1.82, 2.24) is 14.8 Å².